The van der Waals surface area contributed by atoms with Gasteiger partial charge in [0.2, 0.25) is 0 Å². The summed E-state index contributed by atoms with van der Waals surface area (Å²) >= 11 is 0. The third kappa shape index (κ3) is 13.8. The summed E-state index contributed by atoms with van der Waals surface area (Å²) < 4.78 is 0. The number of carboxylic acids is 1. The Morgan fingerprint density at radius 3 is 1.89 bits per heavy atom. The van der Waals surface area contributed by atoms with Crippen molar-refractivity contribution < 1.29 is 29.7 Å². The zero-order valence-electron chi connectivity index (χ0n) is 17.1. The van der Waals surface area contributed by atoms with Gasteiger partial charge in [-0.3, -0.25) is 9.59 Å². The van der Waals surface area contributed by atoms with Crippen molar-refractivity contribution in [1.29, 1.82) is 0 Å². The number of ketones is 2. The fourth-order valence-corrected chi connectivity index (χ4v) is 2.01. The van der Waals surface area contributed by atoms with Gasteiger partial charge >= 0.3 is 5.97 Å². The summed E-state index contributed by atoms with van der Waals surface area (Å²) in [6.07, 6.45) is 6.23. The van der Waals surface area contributed by atoms with Crippen LogP contribution in [0.4, 0.5) is 0 Å². The fraction of sp³-hybridized carbons (Fsp3) is 0.571. The number of hydrogen-bond donors (Lipinski definition) is 3. The number of allylic oxidation sites excluding steroid dienone is 4. The van der Waals surface area contributed by atoms with Gasteiger partial charge in [-0.15, -0.1) is 0 Å². The lowest BCUT2D eigenvalue weighted by atomic mass is 9.98. The van der Waals surface area contributed by atoms with E-state index in [-0.39, 0.29) is 24.4 Å². The minimum absolute atomic E-state index is 0.192. The molecule has 0 aromatic rings. The van der Waals surface area contributed by atoms with Crippen molar-refractivity contribution in [3.05, 3.63) is 35.5 Å². The van der Waals surface area contributed by atoms with E-state index >= 15 is 0 Å². The molecule has 0 rings (SSSR count). The van der Waals surface area contributed by atoms with Crippen LogP contribution in [-0.4, -0.2) is 45.1 Å². The number of rotatable bonds is 11. The third-order valence-corrected chi connectivity index (χ3v) is 3.87. The van der Waals surface area contributed by atoms with E-state index in [0.717, 1.165) is 18.1 Å². The summed E-state index contributed by atoms with van der Waals surface area (Å²) in [5.41, 5.74) is 1.52. The van der Waals surface area contributed by atoms with E-state index in [9.17, 15) is 24.6 Å². The molecule has 6 nitrogen and oxygen atoms in total. The van der Waals surface area contributed by atoms with Crippen molar-refractivity contribution in [3.8, 4) is 0 Å². The maximum atomic E-state index is 11.8. The first-order chi connectivity index (χ1) is 12.7. The lowest BCUT2D eigenvalue weighted by Gasteiger charge is -2.10. The summed E-state index contributed by atoms with van der Waals surface area (Å²) in [7, 11) is 0. The second-order valence-corrected chi connectivity index (χ2v) is 5.87. The standard InChI is InChI=1S/C13H22O4.C8H12O2/c1-4-9(7-10(14)5-2)12(16)8-13(17)11(15)6-3;1-3-7(4-2)5-6-8(9)10/h7,10,13-14,17H,4-6,8H2,1-3H3;3,5-6H,4H2,1-2H3,(H,9,10)/b9-7+;6-5+,7-3+. The van der Waals surface area contributed by atoms with Crippen molar-refractivity contribution >= 4 is 17.5 Å². The van der Waals surface area contributed by atoms with Crippen molar-refractivity contribution in [2.45, 2.75) is 78.9 Å². The van der Waals surface area contributed by atoms with E-state index in [4.69, 9.17) is 5.11 Å². The normalized spacial score (nSPS) is 14.3. The largest absolute Gasteiger partial charge is 0.478 e. The summed E-state index contributed by atoms with van der Waals surface area (Å²) in [5.74, 6) is -1.49. The Morgan fingerprint density at radius 1 is 0.926 bits per heavy atom. The Morgan fingerprint density at radius 2 is 1.52 bits per heavy atom. The highest BCUT2D eigenvalue weighted by Gasteiger charge is 2.19. The first-order valence-corrected chi connectivity index (χ1v) is 9.35. The lowest BCUT2D eigenvalue weighted by Crippen LogP contribution is -2.24. The SMILES string of the molecule is C/C=C(/C=C/C(=O)O)CC.CCC(=O)C(O)CC(=O)/C(=C/C(O)CC)CC. The number of carboxylic acid groups (broad SMARTS) is 1. The van der Waals surface area contributed by atoms with E-state index in [1.807, 2.05) is 26.8 Å². The molecule has 2 atom stereocenters. The number of aliphatic hydroxyl groups is 2. The minimum Gasteiger partial charge on any atom is -0.478 e. The quantitative estimate of drug-likeness (QED) is 0.373. The first-order valence-electron chi connectivity index (χ1n) is 9.35. The Balaban J connectivity index is 0. The molecule has 0 radical (unpaired) electrons. The lowest BCUT2D eigenvalue weighted by molar-refractivity contribution is -0.131. The molecule has 0 saturated heterocycles. The van der Waals surface area contributed by atoms with Crippen molar-refractivity contribution in [2.75, 3.05) is 0 Å². The monoisotopic (exact) mass is 382 g/mol. The van der Waals surface area contributed by atoms with E-state index in [0.29, 0.717) is 18.4 Å². The van der Waals surface area contributed by atoms with E-state index in [2.05, 4.69) is 0 Å². The van der Waals surface area contributed by atoms with Gasteiger partial charge < -0.3 is 15.3 Å². The van der Waals surface area contributed by atoms with Crippen LogP contribution < -0.4 is 0 Å². The molecule has 27 heavy (non-hydrogen) atoms. The van der Waals surface area contributed by atoms with Crippen LogP contribution >= 0.6 is 0 Å². The van der Waals surface area contributed by atoms with Gasteiger partial charge in [0.15, 0.2) is 11.6 Å². The topological polar surface area (TPSA) is 112 Å². The summed E-state index contributed by atoms with van der Waals surface area (Å²) in [6, 6.07) is 0. The van der Waals surface area contributed by atoms with Crippen LogP contribution in [0.2, 0.25) is 0 Å². The highest BCUT2D eigenvalue weighted by Crippen LogP contribution is 2.11. The van der Waals surface area contributed by atoms with Gasteiger partial charge in [-0.05, 0) is 37.8 Å². The second kappa shape index (κ2) is 16.1. The molecule has 2 unspecified atom stereocenters. The third-order valence-electron chi connectivity index (χ3n) is 3.87. The Kier molecular flexibility index (Phi) is 16.3. The highest BCUT2D eigenvalue weighted by molar-refractivity contribution is 5.98. The average molecular weight is 382 g/mol. The molecule has 6 heteroatoms. The number of aliphatic hydroxyl groups excluding tert-OH is 2. The summed E-state index contributed by atoms with van der Waals surface area (Å²) in [6.45, 7) is 9.15. The molecule has 0 aromatic heterocycles. The van der Waals surface area contributed by atoms with Crippen molar-refractivity contribution in [2.24, 2.45) is 0 Å². The molecule has 3 N–H and O–H groups in total. The maximum Gasteiger partial charge on any atom is 0.328 e. The van der Waals surface area contributed by atoms with Crippen LogP contribution in [0, 0.1) is 0 Å². The average Bonchev–Trinajstić information content (AvgIpc) is 2.65. The maximum absolute atomic E-state index is 11.8. The van der Waals surface area contributed by atoms with Crippen LogP contribution in [0.3, 0.4) is 0 Å². The van der Waals surface area contributed by atoms with Crippen LogP contribution in [0.25, 0.3) is 0 Å². The molecule has 0 bridgehead atoms. The zero-order chi connectivity index (χ0) is 21.4. The predicted molar refractivity (Wildman–Crippen MR) is 106 cm³/mol. The molecule has 154 valence electrons. The van der Waals surface area contributed by atoms with Crippen LogP contribution in [0.1, 0.15) is 66.7 Å². The summed E-state index contributed by atoms with van der Waals surface area (Å²) in [5, 5.41) is 27.1. The van der Waals surface area contributed by atoms with Crippen molar-refractivity contribution in [1.82, 2.24) is 0 Å². The van der Waals surface area contributed by atoms with Crippen LogP contribution in [0.5, 0.6) is 0 Å². The molecule has 0 aliphatic rings. The molecule has 0 saturated carbocycles. The zero-order valence-corrected chi connectivity index (χ0v) is 17.1. The Hall–Kier alpha value is -2.05. The van der Waals surface area contributed by atoms with Gasteiger partial charge in [0.05, 0.1) is 6.10 Å². The van der Waals surface area contributed by atoms with Gasteiger partial charge in [0, 0.05) is 18.9 Å². The molecule has 0 fully saturated rings. The van der Waals surface area contributed by atoms with E-state index < -0.39 is 18.2 Å². The van der Waals surface area contributed by atoms with Gasteiger partial charge in [-0.25, -0.2) is 4.79 Å². The number of hydrogen-bond acceptors (Lipinski definition) is 5. The molecule has 0 aromatic carbocycles. The van der Waals surface area contributed by atoms with Gasteiger partial charge in [0.1, 0.15) is 6.10 Å². The van der Waals surface area contributed by atoms with Crippen LogP contribution in [0.15, 0.2) is 35.5 Å². The van der Waals surface area contributed by atoms with Gasteiger partial charge in [0.25, 0.3) is 0 Å². The number of carbonyl (C=O) groups is 3. The summed E-state index contributed by atoms with van der Waals surface area (Å²) in [4.78, 5) is 33.0. The molecule has 0 heterocycles. The number of Topliss-reactive ketones (excluding diaryl/α,β-unsaturated/α-hetero) is 2. The number of carbonyl (C=O) groups excluding carboxylic acids is 2. The molecular weight excluding hydrogens is 348 g/mol. The Labute approximate surface area is 162 Å². The van der Waals surface area contributed by atoms with E-state index in [1.165, 1.54) is 6.08 Å². The van der Waals surface area contributed by atoms with E-state index in [1.54, 1.807) is 19.9 Å². The molecule has 0 spiro atoms. The van der Waals surface area contributed by atoms with Crippen molar-refractivity contribution in [3.63, 3.8) is 0 Å². The molecule has 0 aliphatic heterocycles. The molecule has 0 aliphatic carbocycles. The van der Waals surface area contributed by atoms with Crippen LogP contribution in [-0.2, 0) is 14.4 Å². The number of aliphatic carboxylic acids is 1. The smallest absolute Gasteiger partial charge is 0.328 e. The van der Waals surface area contributed by atoms with Gasteiger partial charge in [-0.1, -0.05) is 45.4 Å². The molecular formula is C21H34O6. The minimum atomic E-state index is -1.22. The Bertz CT molecular complexity index is 557. The second-order valence-electron chi connectivity index (χ2n) is 5.87. The first kappa shape index (κ1) is 27.2. The fourth-order valence-electron chi connectivity index (χ4n) is 2.01. The van der Waals surface area contributed by atoms with Gasteiger partial charge in [-0.2, -0.15) is 0 Å². The predicted octanol–water partition coefficient (Wildman–Crippen LogP) is 3.38. The molecule has 0 amide bonds. The highest BCUT2D eigenvalue weighted by atomic mass is 16.4.